The molecule has 0 bridgehead atoms. The van der Waals surface area contributed by atoms with Gasteiger partial charge in [0, 0.05) is 24.6 Å². The largest absolute Gasteiger partial charge is 0.480 e. The highest BCUT2D eigenvalue weighted by atomic mass is 32.1. The fraction of sp³-hybridized carbons (Fsp3) is 0.729. The lowest BCUT2D eigenvalue weighted by atomic mass is 9.96. The third-order valence-corrected chi connectivity index (χ3v) is 16.7. The smallest absolute Gasteiger partial charge is 0.326 e. The molecule has 1 saturated heterocycles. The number of hydrogen-bond acceptors (Lipinski definition) is 23. The molecule has 38 nitrogen and oxygen atoms in total. The van der Waals surface area contributed by atoms with Crippen molar-refractivity contribution >= 4 is 120 Å². The van der Waals surface area contributed by atoms with Crippen LogP contribution in [0.4, 0.5) is 0 Å². The van der Waals surface area contributed by atoms with E-state index in [9.17, 15) is 82.1 Å². The van der Waals surface area contributed by atoms with Gasteiger partial charge in [-0.3, -0.25) is 72.1 Å². The van der Waals surface area contributed by atoms with Crippen LogP contribution in [-0.2, 0) is 71.9 Å². The highest BCUT2D eigenvalue weighted by Crippen LogP contribution is 2.23. The van der Waals surface area contributed by atoms with E-state index in [1.165, 1.54) is 25.7 Å². The SMILES string of the molecule is CC[C@H](C)[C@H](NC(=O)[C@H](CCCN=C(N)N)NC(=O)[C@H](CCCCN)NC(=O)[C@H](CS)NC(=O)[C@H](C)NC(=O)[C@H](C)NC(=O)[C@H](CC(N)=O)NC(=O)[C@H](CS)NC(=O)[C@@H](N)[C@@H](C)O)C(=O)N1CCC[C@H]1C(=O)N[C@@H](CC(N)=O)C(=O)N[C@@H](CCCCN)C(=O)N[C@@H](CCCCN)C(=O)O. The van der Waals surface area contributed by atoms with E-state index in [1.54, 1.807) is 13.8 Å². The van der Waals surface area contributed by atoms with Crippen LogP contribution in [0.15, 0.2) is 4.99 Å². The number of carbonyl (C=O) groups is 15. The summed E-state index contributed by atoms with van der Waals surface area (Å²) in [5.41, 5.74) is 44.6. The number of amides is 14. The van der Waals surface area contributed by atoms with Gasteiger partial charge in [0.1, 0.15) is 78.5 Å². The van der Waals surface area contributed by atoms with Gasteiger partial charge in [0.15, 0.2) is 5.96 Å². The Morgan fingerprint density at radius 1 is 0.485 bits per heavy atom. The molecule has 0 aliphatic carbocycles. The van der Waals surface area contributed by atoms with E-state index >= 15 is 0 Å². The first-order valence-corrected chi connectivity index (χ1v) is 34.1. The number of unbranched alkanes of at least 4 members (excludes halogenated alkanes) is 3. The maximum atomic E-state index is 14.8. The van der Waals surface area contributed by atoms with E-state index in [4.69, 9.17) is 45.9 Å². The van der Waals surface area contributed by atoms with Crippen molar-refractivity contribution in [2.75, 3.05) is 44.2 Å². The second-order valence-corrected chi connectivity index (χ2v) is 24.9. The zero-order chi connectivity index (χ0) is 75.2. The topological polar surface area (TPSA) is 653 Å². The highest BCUT2D eigenvalue weighted by molar-refractivity contribution is 7.80. The Labute approximate surface area is 586 Å². The van der Waals surface area contributed by atoms with Crippen LogP contribution < -0.4 is 104 Å². The molecule has 29 N–H and O–H groups in total. The minimum atomic E-state index is -1.68. The number of guanidine groups is 1. The summed E-state index contributed by atoms with van der Waals surface area (Å²) < 4.78 is 0. The molecular formula is C59H107N21O17S2. The van der Waals surface area contributed by atoms with Gasteiger partial charge in [-0.1, -0.05) is 20.3 Å². The average molecular weight is 1450 g/mol. The number of aliphatic hydroxyl groups is 1. The molecule has 1 fully saturated rings. The van der Waals surface area contributed by atoms with Gasteiger partial charge in [-0.2, -0.15) is 25.3 Å². The van der Waals surface area contributed by atoms with Crippen molar-refractivity contribution in [1.29, 1.82) is 0 Å². The second kappa shape index (κ2) is 47.0. The number of aliphatic hydroxyl groups excluding tert-OH is 1. The zero-order valence-electron chi connectivity index (χ0n) is 56.8. The first-order valence-electron chi connectivity index (χ1n) is 32.9. The van der Waals surface area contributed by atoms with Crippen LogP contribution in [0.1, 0.15) is 137 Å². The van der Waals surface area contributed by atoms with Crippen molar-refractivity contribution in [2.24, 2.45) is 56.8 Å². The fourth-order valence-corrected chi connectivity index (χ4v) is 10.4. The van der Waals surface area contributed by atoms with Gasteiger partial charge in [0.05, 0.1) is 18.9 Å². The summed E-state index contributed by atoms with van der Waals surface area (Å²) in [6.45, 7) is 7.75. The Morgan fingerprint density at radius 2 is 0.848 bits per heavy atom. The van der Waals surface area contributed by atoms with E-state index in [1.807, 2.05) is 0 Å². The minimum Gasteiger partial charge on any atom is -0.480 e. The molecule has 0 spiro atoms. The normalized spacial score (nSPS) is 16.9. The molecule has 0 saturated carbocycles. The van der Waals surface area contributed by atoms with Crippen molar-refractivity contribution in [2.45, 2.75) is 222 Å². The Bertz CT molecular complexity index is 2770. The number of aliphatic carboxylic acids is 1. The summed E-state index contributed by atoms with van der Waals surface area (Å²) in [5.74, 6) is -16.1. The summed E-state index contributed by atoms with van der Waals surface area (Å²) in [7, 11) is 0. The van der Waals surface area contributed by atoms with Crippen molar-refractivity contribution < 1.29 is 82.1 Å². The van der Waals surface area contributed by atoms with Crippen molar-refractivity contribution in [3.8, 4) is 0 Å². The summed E-state index contributed by atoms with van der Waals surface area (Å²) in [4.78, 5) is 207. The lowest BCUT2D eigenvalue weighted by molar-refractivity contribution is -0.144. The van der Waals surface area contributed by atoms with Crippen LogP contribution in [0.25, 0.3) is 0 Å². The number of hydrogen-bond donors (Lipinski definition) is 23. The van der Waals surface area contributed by atoms with Crippen molar-refractivity contribution in [3.63, 3.8) is 0 Å². The molecule has 1 heterocycles. The number of rotatable bonds is 49. The maximum absolute atomic E-state index is 14.8. The van der Waals surface area contributed by atoms with E-state index in [2.05, 4.69) is 88.7 Å². The number of nitrogens with two attached hydrogens (primary N) is 8. The van der Waals surface area contributed by atoms with Gasteiger partial charge in [0.2, 0.25) is 82.7 Å². The van der Waals surface area contributed by atoms with Crippen LogP contribution in [-0.4, -0.2) is 239 Å². The van der Waals surface area contributed by atoms with Gasteiger partial charge in [-0.25, -0.2) is 4.79 Å². The molecule has 1 aliphatic rings. The van der Waals surface area contributed by atoms with Gasteiger partial charge in [-0.05, 0) is 130 Å². The number of nitrogens with one attached hydrogen (secondary N) is 11. The Kier molecular flexibility index (Phi) is 42.1. The number of carbonyl (C=O) groups excluding carboxylic acids is 14. The maximum Gasteiger partial charge on any atom is 0.326 e. The second-order valence-electron chi connectivity index (χ2n) is 24.1. The number of likely N-dealkylation sites (tertiary alicyclic amines) is 1. The summed E-state index contributed by atoms with van der Waals surface area (Å²) in [5, 5.41) is 46.5. The molecule has 562 valence electrons. The zero-order valence-corrected chi connectivity index (χ0v) is 58.6. The fourth-order valence-electron chi connectivity index (χ4n) is 9.87. The number of carboxylic acid groups (broad SMARTS) is 1. The third kappa shape index (κ3) is 32.6. The monoisotopic (exact) mass is 1450 g/mol. The number of primary amides is 2. The first kappa shape index (κ1) is 88.8. The predicted molar refractivity (Wildman–Crippen MR) is 368 cm³/mol. The van der Waals surface area contributed by atoms with Gasteiger partial charge in [-0.15, -0.1) is 0 Å². The number of nitrogens with zero attached hydrogens (tertiary/aromatic N) is 2. The van der Waals surface area contributed by atoms with E-state index in [0.29, 0.717) is 38.5 Å². The quantitative estimate of drug-likeness (QED) is 0.0116. The first-order chi connectivity index (χ1) is 46.6. The lowest BCUT2D eigenvalue weighted by Crippen LogP contribution is -2.61. The molecule has 0 aromatic heterocycles. The Balaban J connectivity index is 3.45. The van der Waals surface area contributed by atoms with Crippen molar-refractivity contribution in [1.82, 2.24) is 63.4 Å². The molecule has 0 aromatic rings. The molecule has 1 rings (SSSR count). The molecule has 0 aromatic carbocycles. The molecule has 99 heavy (non-hydrogen) atoms. The molecule has 0 radical (unpaired) electrons. The summed E-state index contributed by atoms with van der Waals surface area (Å²) >= 11 is 8.27. The molecule has 15 atom stereocenters. The Hall–Kier alpha value is -8.18. The number of thiol groups is 2. The van der Waals surface area contributed by atoms with E-state index < -0.39 is 192 Å². The minimum absolute atomic E-state index is 0.00498. The van der Waals surface area contributed by atoms with Gasteiger partial charge < -0.3 is 119 Å². The molecule has 40 heteroatoms. The third-order valence-electron chi connectivity index (χ3n) is 15.9. The van der Waals surface area contributed by atoms with Crippen LogP contribution in [0.3, 0.4) is 0 Å². The highest BCUT2D eigenvalue weighted by Gasteiger charge is 2.42. The predicted octanol–water partition coefficient (Wildman–Crippen LogP) is -8.76. The van der Waals surface area contributed by atoms with Gasteiger partial charge in [0.25, 0.3) is 0 Å². The van der Waals surface area contributed by atoms with Gasteiger partial charge >= 0.3 is 5.97 Å². The average Bonchev–Trinajstić information content (AvgIpc) is 1.76. The summed E-state index contributed by atoms with van der Waals surface area (Å²) in [6, 6.07) is -18.7. The molecule has 14 amide bonds. The summed E-state index contributed by atoms with van der Waals surface area (Å²) in [6.07, 6.45) is -0.0308. The van der Waals surface area contributed by atoms with Crippen LogP contribution >= 0.6 is 25.3 Å². The van der Waals surface area contributed by atoms with Crippen LogP contribution in [0.2, 0.25) is 0 Å². The van der Waals surface area contributed by atoms with E-state index in [0.717, 1.165) is 0 Å². The van der Waals surface area contributed by atoms with Crippen molar-refractivity contribution in [3.05, 3.63) is 0 Å². The van der Waals surface area contributed by atoms with Crippen LogP contribution in [0.5, 0.6) is 0 Å². The lowest BCUT2D eigenvalue weighted by Gasteiger charge is -2.33. The molecule has 0 unspecified atom stereocenters. The van der Waals surface area contributed by atoms with Crippen LogP contribution in [0, 0.1) is 5.92 Å². The molecule has 1 aliphatic heterocycles. The number of carboxylic acids is 1. The Morgan fingerprint density at radius 3 is 1.27 bits per heavy atom. The number of aliphatic imine (C=N–C) groups is 1. The standard InChI is InChI=1S/C59H107N21O17S2/c1-6-29(2)45(57(95)80-24-14-19-41(80)55(93)76-38(26-43(64)83)52(90)72-34(16-8-11-21-61)49(87)74-36(58(96)97)17-9-12-22-62)79-50(88)35(18-13-23-68-59(66)67)71-48(86)33(15-7-10-20-60)73-53(91)39(27-98)77-47(85)31(4)69-46(84)30(3)70-51(89)37(25-42(63)82)75-54(92)40(28-99)78-56(94)44(65)32(5)81/h29-41,44-45,81,98-99H,6-28,60-62,65H2,1-5H3,(H2,63,82)(H2,64,83)(H,69,84)(H,70,89)(H,71,86)(H,72,90)(H,73,91)(H,74,87)(H,75,92)(H,76,93)(H,77,85)(H,78,94)(H,79,88)(H,96,97)(H4,66,67,68)/t29-,30-,31-,32+,33-,34-,35-,36-,37-,38-,39-,40-,41-,44-,45-/m0/s1. The van der Waals surface area contributed by atoms with E-state index in [-0.39, 0.29) is 102 Å². The molecular weight excluding hydrogens is 1340 g/mol.